The van der Waals surface area contributed by atoms with Crippen molar-refractivity contribution in [3.05, 3.63) is 82.8 Å². The molecule has 2 aromatic carbocycles. The molecular formula is C25H23ClN8O5S. The second kappa shape index (κ2) is 12.4. The van der Waals surface area contributed by atoms with Gasteiger partial charge in [0.25, 0.3) is 0 Å². The summed E-state index contributed by atoms with van der Waals surface area (Å²) in [5, 5.41) is 30.8. The van der Waals surface area contributed by atoms with Gasteiger partial charge in [0.1, 0.15) is 17.4 Å². The largest absolute Gasteiger partial charge is 0.478 e. The Kier molecular flexibility index (Phi) is 8.81. The van der Waals surface area contributed by atoms with Crippen molar-refractivity contribution in [2.45, 2.75) is 17.5 Å². The van der Waals surface area contributed by atoms with Gasteiger partial charge in [-0.25, -0.2) is 4.79 Å². The van der Waals surface area contributed by atoms with Gasteiger partial charge in [-0.3, -0.25) is 18.5 Å². The maximum atomic E-state index is 13.2. The standard InChI is InChI=1S/C25H23ClN8O5S/c1-33-23(40(2)39)13-19(30-33)12-20(24(36)28-18-7-3-15(4-8-18)25(37)38)29-22(35)10-5-16-11-17(26)6-9-21(16)34-14-27-31-32-34/h3-11,13-14,20H,12H2,1-2H3,(H,28,36)(H,29,35)(H,37,38)/t20?,40-/m0/s1. The summed E-state index contributed by atoms with van der Waals surface area (Å²) in [5.41, 5.74) is 1.96. The molecule has 1 unspecified atom stereocenters. The van der Waals surface area contributed by atoms with Gasteiger partial charge in [0, 0.05) is 42.1 Å². The maximum absolute atomic E-state index is 13.2. The molecule has 0 aliphatic heterocycles. The number of tetrazole rings is 1. The molecular weight excluding hydrogens is 560 g/mol. The molecule has 2 aromatic heterocycles. The fourth-order valence-electron chi connectivity index (χ4n) is 3.74. The average molecular weight is 583 g/mol. The minimum absolute atomic E-state index is 0.00327. The van der Waals surface area contributed by atoms with Gasteiger partial charge in [0.15, 0.2) is 0 Å². The van der Waals surface area contributed by atoms with Crippen LogP contribution in [-0.4, -0.2) is 69.4 Å². The highest BCUT2D eigenvalue weighted by molar-refractivity contribution is 7.84. The third kappa shape index (κ3) is 7.03. The summed E-state index contributed by atoms with van der Waals surface area (Å²) in [6, 6.07) is 11.1. The number of benzene rings is 2. The van der Waals surface area contributed by atoms with Crippen LogP contribution in [0.3, 0.4) is 0 Å². The molecule has 2 atom stereocenters. The average Bonchev–Trinajstić information content (AvgIpc) is 3.57. The number of nitrogens with zero attached hydrogens (tertiary/aromatic N) is 6. The van der Waals surface area contributed by atoms with Crippen LogP contribution >= 0.6 is 11.6 Å². The zero-order valence-electron chi connectivity index (χ0n) is 21.2. The molecule has 13 nitrogen and oxygen atoms in total. The van der Waals surface area contributed by atoms with E-state index in [-0.39, 0.29) is 12.0 Å². The van der Waals surface area contributed by atoms with Crippen LogP contribution in [-0.2, 0) is 33.9 Å². The number of carbonyl (C=O) groups excluding carboxylic acids is 2. The molecule has 15 heteroatoms. The number of rotatable bonds is 10. The Morgan fingerprint density at radius 1 is 1.15 bits per heavy atom. The van der Waals surface area contributed by atoms with E-state index in [0.717, 1.165) is 0 Å². The van der Waals surface area contributed by atoms with Crippen molar-refractivity contribution in [2.75, 3.05) is 11.6 Å². The molecule has 0 bridgehead atoms. The van der Waals surface area contributed by atoms with Crippen LogP contribution in [0.4, 0.5) is 5.69 Å². The number of hydrogen-bond donors (Lipinski definition) is 3. The number of amides is 2. The van der Waals surface area contributed by atoms with E-state index >= 15 is 0 Å². The third-order valence-electron chi connectivity index (χ3n) is 5.63. The number of carbonyl (C=O) groups is 3. The van der Waals surface area contributed by atoms with Crippen molar-refractivity contribution in [3.63, 3.8) is 0 Å². The van der Waals surface area contributed by atoms with E-state index in [2.05, 4.69) is 31.3 Å². The first-order valence-corrected chi connectivity index (χ1v) is 13.6. The first-order valence-electron chi connectivity index (χ1n) is 11.6. The van der Waals surface area contributed by atoms with Gasteiger partial charge < -0.3 is 15.7 Å². The van der Waals surface area contributed by atoms with Crippen LogP contribution < -0.4 is 10.6 Å². The SMILES string of the molecule is Cn1nc(CC(NC(=O)C=Cc2cc(Cl)ccc2-n2cnnn2)C(=O)Nc2ccc(C(=O)O)cc2)cc1[S@](C)=O. The Balaban J connectivity index is 1.56. The van der Waals surface area contributed by atoms with E-state index < -0.39 is 34.6 Å². The number of aryl methyl sites for hydroxylation is 1. The normalized spacial score (nSPS) is 12.7. The van der Waals surface area contributed by atoms with Gasteiger partial charge in [-0.1, -0.05) is 11.6 Å². The zero-order chi connectivity index (χ0) is 28.8. The van der Waals surface area contributed by atoms with Crippen molar-refractivity contribution in [1.29, 1.82) is 0 Å². The Hall–Kier alpha value is -4.69. The number of anilines is 1. The van der Waals surface area contributed by atoms with Crippen molar-refractivity contribution < 1.29 is 23.7 Å². The number of carboxylic acid groups (broad SMARTS) is 1. The molecule has 4 aromatic rings. The molecule has 0 aliphatic rings. The molecule has 0 saturated carbocycles. The highest BCUT2D eigenvalue weighted by Crippen LogP contribution is 2.20. The number of carboxylic acids is 1. The maximum Gasteiger partial charge on any atom is 0.335 e. The molecule has 206 valence electrons. The first kappa shape index (κ1) is 28.3. The monoisotopic (exact) mass is 582 g/mol. The molecule has 0 fully saturated rings. The van der Waals surface area contributed by atoms with Crippen molar-refractivity contribution in [3.8, 4) is 5.69 Å². The number of nitrogens with one attached hydrogen (secondary N) is 2. The van der Waals surface area contributed by atoms with Crippen LogP contribution in [0.15, 0.2) is 66.0 Å². The minimum Gasteiger partial charge on any atom is -0.478 e. The van der Waals surface area contributed by atoms with Gasteiger partial charge in [0.05, 0.1) is 27.7 Å². The van der Waals surface area contributed by atoms with E-state index in [1.54, 1.807) is 31.3 Å². The van der Waals surface area contributed by atoms with Crippen molar-refractivity contribution in [1.82, 2.24) is 35.3 Å². The summed E-state index contributed by atoms with van der Waals surface area (Å²) >= 11 is 6.14. The quantitative estimate of drug-likeness (QED) is 0.236. The van der Waals surface area contributed by atoms with E-state index in [4.69, 9.17) is 16.7 Å². The molecule has 0 spiro atoms. The molecule has 2 heterocycles. The van der Waals surface area contributed by atoms with Gasteiger partial charge in [0.2, 0.25) is 11.8 Å². The molecule has 2 amide bonds. The summed E-state index contributed by atoms with van der Waals surface area (Å²) in [6.45, 7) is 0. The fourth-order valence-corrected chi connectivity index (χ4v) is 4.64. The molecule has 0 aliphatic carbocycles. The Morgan fingerprint density at radius 3 is 2.52 bits per heavy atom. The molecule has 3 N–H and O–H groups in total. The summed E-state index contributed by atoms with van der Waals surface area (Å²) in [5.74, 6) is -2.25. The first-order chi connectivity index (χ1) is 19.1. The zero-order valence-corrected chi connectivity index (χ0v) is 22.8. The fraction of sp³-hybridized carbons (Fsp3) is 0.160. The minimum atomic E-state index is -1.31. The molecule has 40 heavy (non-hydrogen) atoms. The number of aromatic nitrogens is 6. The van der Waals surface area contributed by atoms with Gasteiger partial charge in [-0.15, -0.1) is 5.10 Å². The lowest BCUT2D eigenvalue weighted by molar-refractivity contribution is -0.123. The smallest absolute Gasteiger partial charge is 0.335 e. The number of aromatic carboxylic acids is 1. The van der Waals surface area contributed by atoms with Crippen LogP contribution in [0.1, 0.15) is 21.6 Å². The van der Waals surface area contributed by atoms with Crippen LogP contribution in [0.2, 0.25) is 5.02 Å². The Bertz CT molecular complexity index is 1600. The van der Waals surface area contributed by atoms with Crippen LogP contribution in [0.5, 0.6) is 0 Å². The van der Waals surface area contributed by atoms with Gasteiger partial charge >= 0.3 is 5.97 Å². The summed E-state index contributed by atoms with van der Waals surface area (Å²) < 4.78 is 14.8. The lowest BCUT2D eigenvalue weighted by atomic mass is 10.1. The van der Waals surface area contributed by atoms with E-state index in [0.29, 0.717) is 32.7 Å². The Labute approximate surface area is 235 Å². The predicted octanol–water partition coefficient (Wildman–Crippen LogP) is 1.86. The number of halogens is 1. The lowest BCUT2D eigenvalue weighted by Crippen LogP contribution is -2.44. The van der Waals surface area contributed by atoms with Crippen LogP contribution in [0.25, 0.3) is 11.8 Å². The van der Waals surface area contributed by atoms with Gasteiger partial charge in [-0.2, -0.15) is 9.78 Å². The summed E-state index contributed by atoms with van der Waals surface area (Å²) in [7, 11) is 0.324. The molecule has 4 rings (SSSR count). The molecule has 0 radical (unpaired) electrons. The summed E-state index contributed by atoms with van der Waals surface area (Å²) in [6.07, 6.45) is 5.66. The van der Waals surface area contributed by atoms with E-state index in [9.17, 15) is 18.6 Å². The van der Waals surface area contributed by atoms with Gasteiger partial charge in [-0.05, 0) is 65.0 Å². The predicted molar refractivity (Wildman–Crippen MR) is 146 cm³/mol. The Morgan fingerprint density at radius 2 is 1.90 bits per heavy atom. The topological polar surface area (TPSA) is 174 Å². The lowest BCUT2D eigenvalue weighted by Gasteiger charge is -2.17. The molecule has 0 saturated heterocycles. The summed E-state index contributed by atoms with van der Waals surface area (Å²) in [4.78, 5) is 37.3. The van der Waals surface area contributed by atoms with E-state index in [1.807, 2.05) is 0 Å². The number of hydrogen-bond acceptors (Lipinski definition) is 8. The highest BCUT2D eigenvalue weighted by atomic mass is 35.5. The third-order valence-corrected chi connectivity index (χ3v) is 6.83. The van der Waals surface area contributed by atoms with E-state index in [1.165, 1.54) is 58.4 Å². The second-order valence-electron chi connectivity index (χ2n) is 8.48. The van der Waals surface area contributed by atoms with Crippen molar-refractivity contribution in [2.24, 2.45) is 7.05 Å². The van der Waals surface area contributed by atoms with Crippen molar-refractivity contribution >= 4 is 51.9 Å². The second-order valence-corrected chi connectivity index (χ2v) is 10.2. The van der Waals surface area contributed by atoms with Crippen LogP contribution in [0, 0.1) is 0 Å². The highest BCUT2D eigenvalue weighted by Gasteiger charge is 2.23.